The number of aryl methyl sites for hydroxylation is 1. The van der Waals surface area contributed by atoms with Crippen molar-refractivity contribution in [3.05, 3.63) is 59.3 Å². The van der Waals surface area contributed by atoms with Crippen LogP contribution in [0.3, 0.4) is 0 Å². The van der Waals surface area contributed by atoms with Gasteiger partial charge in [-0.25, -0.2) is 0 Å². The molecular weight excluding hydrogens is 416 g/mol. The van der Waals surface area contributed by atoms with E-state index >= 15 is 0 Å². The van der Waals surface area contributed by atoms with Crippen LogP contribution in [0.2, 0.25) is 0 Å². The molecule has 6 nitrogen and oxygen atoms in total. The number of hydrogen-bond donors (Lipinski definition) is 1. The van der Waals surface area contributed by atoms with Crippen LogP contribution in [0.25, 0.3) is 10.9 Å². The van der Waals surface area contributed by atoms with Gasteiger partial charge in [0, 0.05) is 48.1 Å². The van der Waals surface area contributed by atoms with Crippen LogP contribution in [-0.2, 0) is 16.0 Å². The first kappa shape index (κ1) is 23.2. The third-order valence-electron chi connectivity index (χ3n) is 6.55. The minimum Gasteiger partial charge on any atom is -0.493 e. The van der Waals surface area contributed by atoms with E-state index in [9.17, 15) is 4.79 Å². The van der Waals surface area contributed by atoms with Crippen LogP contribution in [0.4, 0.5) is 0 Å². The maximum absolute atomic E-state index is 13.6. The Morgan fingerprint density at radius 3 is 2.48 bits per heavy atom. The second-order valence-corrected chi connectivity index (χ2v) is 8.83. The van der Waals surface area contributed by atoms with Gasteiger partial charge in [-0.2, -0.15) is 0 Å². The lowest BCUT2D eigenvalue weighted by atomic mass is 9.86. The third kappa shape index (κ3) is 4.58. The average Bonchev–Trinajstić information content (AvgIpc) is 3.25. The van der Waals surface area contributed by atoms with E-state index in [0.717, 1.165) is 28.5 Å². The molecule has 0 spiro atoms. The van der Waals surface area contributed by atoms with Crippen molar-refractivity contribution >= 4 is 16.8 Å². The molecule has 1 amide bonds. The number of nitrogens with one attached hydrogen (secondary N) is 1. The molecule has 3 unspecified atom stereocenters. The van der Waals surface area contributed by atoms with Crippen molar-refractivity contribution in [2.45, 2.75) is 51.7 Å². The minimum atomic E-state index is -0.183. The van der Waals surface area contributed by atoms with Crippen molar-refractivity contribution in [1.29, 1.82) is 0 Å². The quantitative estimate of drug-likeness (QED) is 0.556. The molecule has 2 heterocycles. The lowest BCUT2D eigenvalue weighted by Gasteiger charge is -2.36. The van der Waals surface area contributed by atoms with Crippen LogP contribution in [0.15, 0.2) is 42.6 Å². The summed E-state index contributed by atoms with van der Waals surface area (Å²) in [5.74, 6) is 1.27. The Bertz CT molecular complexity index is 1110. The highest BCUT2D eigenvalue weighted by Gasteiger charge is 2.31. The van der Waals surface area contributed by atoms with Gasteiger partial charge in [0.1, 0.15) is 0 Å². The highest BCUT2D eigenvalue weighted by atomic mass is 16.5. The van der Waals surface area contributed by atoms with Gasteiger partial charge in [0.15, 0.2) is 11.5 Å². The molecule has 33 heavy (non-hydrogen) atoms. The number of rotatable bonds is 7. The van der Waals surface area contributed by atoms with Gasteiger partial charge in [-0.1, -0.05) is 37.3 Å². The molecule has 1 N–H and O–H groups in total. The summed E-state index contributed by atoms with van der Waals surface area (Å²) in [5, 5.41) is 1.14. The lowest BCUT2D eigenvalue weighted by Crippen LogP contribution is -2.48. The lowest BCUT2D eigenvalue weighted by molar-refractivity contribution is -0.143. The first-order valence-electron chi connectivity index (χ1n) is 11.7. The number of H-pyrrole nitrogens is 1. The van der Waals surface area contributed by atoms with Gasteiger partial charge in [0.05, 0.1) is 26.4 Å². The number of aromatic nitrogens is 1. The zero-order chi connectivity index (χ0) is 23.5. The number of amides is 1. The zero-order valence-electron chi connectivity index (χ0n) is 20.2. The van der Waals surface area contributed by atoms with E-state index in [1.807, 2.05) is 43.1 Å². The zero-order valence-corrected chi connectivity index (χ0v) is 20.2. The predicted molar refractivity (Wildman–Crippen MR) is 130 cm³/mol. The number of carbonyl (C=O) groups is 1. The smallest absolute Gasteiger partial charge is 0.223 e. The van der Waals surface area contributed by atoms with Gasteiger partial charge in [-0.05, 0) is 37.5 Å². The normalized spacial score (nSPS) is 19.5. The molecule has 3 aromatic rings. The molecule has 176 valence electrons. The molecule has 2 aromatic carbocycles. The molecule has 1 aliphatic heterocycles. The minimum absolute atomic E-state index is 0.0303. The van der Waals surface area contributed by atoms with Gasteiger partial charge < -0.3 is 24.1 Å². The van der Waals surface area contributed by atoms with Crippen LogP contribution >= 0.6 is 0 Å². The number of fused-ring (bicyclic) bond motifs is 1. The van der Waals surface area contributed by atoms with Crippen molar-refractivity contribution in [3.8, 4) is 11.5 Å². The summed E-state index contributed by atoms with van der Waals surface area (Å²) >= 11 is 0. The molecule has 0 aliphatic carbocycles. The molecule has 1 saturated heterocycles. The fourth-order valence-electron chi connectivity index (χ4n) is 5.08. The number of nitrogens with zero attached hydrogens (tertiary/aromatic N) is 1. The summed E-state index contributed by atoms with van der Waals surface area (Å²) in [4.78, 5) is 19.0. The van der Waals surface area contributed by atoms with E-state index in [1.165, 1.54) is 5.56 Å². The predicted octanol–water partition coefficient (Wildman–Crippen LogP) is 4.91. The Morgan fingerprint density at radius 1 is 1.09 bits per heavy atom. The number of aromatic amines is 1. The molecule has 1 aliphatic rings. The monoisotopic (exact) mass is 450 g/mol. The number of morpholine rings is 1. The SMILES string of the molecule is CCc1cccc2c(C(CC(=O)N3CC(C)OC(C)C3)c3cccc(OC)c3OC)c[nH]c12. The first-order chi connectivity index (χ1) is 16.0. The Hall–Kier alpha value is -2.99. The van der Waals surface area contributed by atoms with Gasteiger partial charge in [0.2, 0.25) is 5.91 Å². The van der Waals surface area contributed by atoms with Gasteiger partial charge >= 0.3 is 0 Å². The van der Waals surface area contributed by atoms with Crippen molar-refractivity contribution < 1.29 is 19.0 Å². The van der Waals surface area contributed by atoms with E-state index in [4.69, 9.17) is 14.2 Å². The van der Waals surface area contributed by atoms with E-state index in [0.29, 0.717) is 31.0 Å². The molecule has 6 heteroatoms. The number of benzene rings is 2. The fourth-order valence-corrected chi connectivity index (χ4v) is 5.08. The number of carbonyl (C=O) groups excluding carboxylic acids is 1. The number of para-hydroxylation sites is 2. The van der Waals surface area contributed by atoms with Crippen LogP contribution in [-0.4, -0.2) is 55.3 Å². The summed E-state index contributed by atoms with van der Waals surface area (Å²) in [6.45, 7) is 7.41. The van der Waals surface area contributed by atoms with E-state index < -0.39 is 0 Å². The Morgan fingerprint density at radius 2 is 1.82 bits per heavy atom. The number of ether oxygens (including phenoxy) is 3. The van der Waals surface area contributed by atoms with Crippen LogP contribution in [0, 0.1) is 0 Å². The topological polar surface area (TPSA) is 63.8 Å². The molecule has 0 radical (unpaired) electrons. The number of hydrogen-bond acceptors (Lipinski definition) is 4. The summed E-state index contributed by atoms with van der Waals surface area (Å²) in [6.07, 6.45) is 3.38. The highest BCUT2D eigenvalue weighted by Crippen LogP contribution is 2.42. The van der Waals surface area contributed by atoms with Crippen LogP contribution < -0.4 is 9.47 Å². The molecule has 0 saturated carbocycles. The molecule has 1 fully saturated rings. The highest BCUT2D eigenvalue weighted by molar-refractivity contribution is 5.88. The van der Waals surface area contributed by atoms with Gasteiger partial charge in [-0.15, -0.1) is 0 Å². The average molecular weight is 451 g/mol. The summed E-state index contributed by atoms with van der Waals surface area (Å²) < 4.78 is 17.2. The van der Waals surface area contributed by atoms with E-state index in [-0.39, 0.29) is 24.0 Å². The Kier molecular flexibility index (Phi) is 6.94. The van der Waals surface area contributed by atoms with E-state index in [2.05, 4.69) is 30.1 Å². The maximum Gasteiger partial charge on any atom is 0.223 e. The standard InChI is InChI=1S/C27H34N2O4/c1-6-19-9-7-10-20-23(14-28-26(19)20)22(21-11-8-12-24(31-4)27(21)32-5)13-25(30)29-15-17(2)33-18(3)16-29/h7-12,14,17-18,22,28H,6,13,15-16H2,1-5H3. The van der Waals surface area contributed by atoms with Crippen LogP contribution in [0.5, 0.6) is 11.5 Å². The molecule has 4 rings (SSSR count). The van der Waals surface area contributed by atoms with Crippen molar-refractivity contribution in [2.75, 3.05) is 27.3 Å². The fraction of sp³-hybridized carbons (Fsp3) is 0.444. The maximum atomic E-state index is 13.6. The largest absolute Gasteiger partial charge is 0.493 e. The van der Waals surface area contributed by atoms with Crippen molar-refractivity contribution in [3.63, 3.8) is 0 Å². The van der Waals surface area contributed by atoms with Crippen molar-refractivity contribution in [2.24, 2.45) is 0 Å². The Labute approximate surface area is 195 Å². The van der Waals surface area contributed by atoms with Crippen LogP contribution in [0.1, 0.15) is 49.8 Å². The molecule has 0 bridgehead atoms. The second kappa shape index (κ2) is 9.87. The number of methoxy groups -OCH3 is 2. The first-order valence-corrected chi connectivity index (χ1v) is 11.7. The summed E-state index contributed by atoms with van der Waals surface area (Å²) in [6, 6.07) is 12.2. The molecule has 1 aromatic heterocycles. The Balaban J connectivity index is 1.80. The summed E-state index contributed by atoms with van der Waals surface area (Å²) in [7, 11) is 3.29. The van der Waals surface area contributed by atoms with Gasteiger partial charge in [-0.3, -0.25) is 4.79 Å². The third-order valence-corrected chi connectivity index (χ3v) is 6.55. The van der Waals surface area contributed by atoms with Gasteiger partial charge in [0.25, 0.3) is 0 Å². The van der Waals surface area contributed by atoms with Crippen molar-refractivity contribution in [1.82, 2.24) is 9.88 Å². The molecule has 3 atom stereocenters. The molecular formula is C27H34N2O4. The summed E-state index contributed by atoms with van der Waals surface area (Å²) in [5.41, 5.74) is 4.43. The second-order valence-electron chi connectivity index (χ2n) is 8.83. The van der Waals surface area contributed by atoms with E-state index in [1.54, 1.807) is 14.2 Å².